The Hall–Kier alpha value is -1.85. The molecule has 3 heteroatoms. The molecule has 0 amide bonds. The molecule has 0 bridgehead atoms. The molecule has 110 valence electrons. The minimum atomic E-state index is 0.476. The van der Waals surface area contributed by atoms with Crippen LogP contribution >= 0.6 is 22.6 Å². The summed E-state index contributed by atoms with van der Waals surface area (Å²) in [7, 11) is 0. The summed E-state index contributed by atoms with van der Waals surface area (Å²) >= 11 is 2.11. The lowest BCUT2D eigenvalue weighted by atomic mass is 9.91. The van der Waals surface area contributed by atoms with Gasteiger partial charge in [-0.15, -0.1) is 0 Å². The summed E-state index contributed by atoms with van der Waals surface area (Å²) in [6.07, 6.45) is 4.54. The van der Waals surface area contributed by atoms with Crippen LogP contribution in [0.4, 0.5) is 0 Å². The van der Waals surface area contributed by atoms with E-state index in [1.54, 1.807) is 0 Å². The minimum absolute atomic E-state index is 0.476. The molecule has 0 atom stereocenters. The highest BCUT2D eigenvalue weighted by molar-refractivity contribution is 14.1. The SMILES string of the molecule is CCCCCc1ccccc1-c1ccc(I)c(C#N)c1C#N. The van der Waals surface area contributed by atoms with Crippen molar-refractivity contribution in [3.05, 3.63) is 56.7 Å². The second-order valence-corrected chi connectivity index (χ2v) is 6.34. The average Bonchev–Trinajstić information content (AvgIpc) is 2.55. The lowest BCUT2D eigenvalue weighted by Crippen LogP contribution is -1.96. The second-order valence-electron chi connectivity index (χ2n) is 5.18. The molecule has 0 unspecified atom stereocenters. The number of nitrogens with zero attached hydrogens (tertiary/aromatic N) is 2. The van der Waals surface area contributed by atoms with Gasteiger partial charge in [0.2, 0.25) is 0 Å². The van der Waals surface area contributed by atoms with E-state index in [1.165, 1.54) is 18.4 Å². The zero-order chi connectivity index (χ0) is 15.9. The average molecular weight is 400 g/mol. The molecule has 0 radical (unpaired) electrons. The van der Waals surface area contributed by atoms with E-state index in [4.69, 9.17) is 0 Å². The molecule has 0 N–H and O–H groups in total. The number of hydrogen-bond donors (Lipinski definition) is 0. The van der Waals surface area contributed by atoms with Gasteiger partial charge in [0, 0.05) is 9.13 Å². The fraction of sp³-hybridized carbons (Fsp3) is 0.263. The fourth-order valence-electron chi connectivity index (χ4n) is 2.59. The van der Waals surface area contributed by atoms with E-state index >= 15 is 0 Å². The van der Waals surface area contributed by atoms with Gasteiger partial charge in [-0.2, -0.15) is 10.5 Å². The summed E-state index contributed by atoms with van der Waals surface area (Å²) < 4.78 is 0.823. The topological polar surface area (TPSA) is 47.6 Å². The van der Waals surface area contributed by atoms with Crippen molar-refractivity contribution in [2.75, 3.05) is 0 Å². The molecular weight excluding hydrogens is 383 g/mol. The monoisotopic (exact) mass is 400 g/mol. The summed E-state index contributed by atoms with van der Waals surface area (Å²) in [4.78, 5) is 0. The van der Waals surface area contributed by atoms with Gasteiger partial charge >= 0.3 is 0 Å². The van der Waals surface area contributed by atoms with E-state index < -0.39 is 0 Å². The number of halogens is 1. The van der Waals surface area contributed by atoms with Crippen LogP contribution in [0.2, 0.25) is 0 Å². The molecule has 2 aromatic rings. The van der Waals surface area contributed by atoms with Crippen molar-refractivity contribution in [3.63, 3.8) is 0 Å². The molecule has 0 fully saturated rings. The summed E-state index contributed by atoms with van der Waals surface area (Å²) in [5.41, 5.74) is 4.15. The molecule has 0 saturated carbocycles. The van der Waals surface area contributed by atoms with E-state index in [9.17, 15) is 10.5 Å². The van der Waals surface area contributed by atoms with E-state index in [1.807, 2.05) is 30.3 Å². The molecule has 0 aromatic heterocycles. The number of rotatable bonds is 5. The van der Waals surface area contributed by atoms with Crippen LogP contribution in [0.3, 0.4) is 0 Å². The first kappa shape index (κ1) is 16.5. The summed E-state index contributed by atoms with van der Waals surface area (Å²) in [5.74, 6) is 0. The van der Waals surface area contributed by atoms with Crippen molar-refractivity contribution in [1.29, 1.82) is 10.5 Å². The normalized spacial score (nSPS) is 10.0. The summed E-state index contributed by atoms with van der Waals surface area (Å²) in [5, 5.41) is 18.9. The fourth-order valence-corrected chi connectivity index (χ4v) is 3.16. The van der Waals surface area contributed by atoms with Gasteiger partial charge in [-0.1, -0.05) is 50.1 Å². The van der Waals surface area contributed by atoms with Crippen LogP contribution in [-0.2, 0) is 6.42 Å². The summed E-state index contributed by atoms with van der Waals surface area (Å²) in [6.45, 7) is 2.19. The molecule has 22 heavy (non-hydrogen) atoms. The Labute approximate surface area is 145 Å². The van der Waals surface area contributed by atoms with Gasteiger partial charge in [0.1, 0.15) is 12.1 Å². The van der Waals surface area contributed by atoms with Crippen molar-refractivity contribution in [3.8, 4) is 23.3 Å². The van der Waals surface area contributed by atoms with Gasteiger partial charge in [-0.05, 0) is 52.6 Å². The summed E-state index contributed by atoms with van der Waals surface area (Å²) in [6, 6.07) is 16.5. The first-order valence-electron chi connectivity index (χ1n) is 7.43. The van der Waals surface area contributed by atoms with Gasteiger partial charge < -0.3 is 0 Å². The Morgan fingerprint density at radius 3 is 2.32 bits per heavy atom. The second kappa shape index (κ2) is 7.96. The van der Waals surface area contributed by atoms with E-state index in [0.29, 0.717) is 11.1 Å². The van der Waals surface area contributed by atoms with Crippen molar-refractivity contribution in [2.24, 2.45) is 0 Å². The highest BCUT2D eigenvalue weighted by atomic mass is 127. The van der Waals surface area contributed by atoms with Crippen LogP contribution in [0.1, 0.15) is 42.9 Å². The zero-order valence-corrected chi connectivity index (χ0v) is 14.7. The first-order valence-corrected chi connectivity index (χ1v) is 8.51. The van der Waals surface area contributed by atoms with Crippen LogP contribution in [0.15, 0.2) is 36.4 Å². The van der Waals surface area contributed by atoms with Crippen LogP contribution in [0, 0.1) is 26.2 Å². The Balaban J connectivity index is 2.54. The number of nitriles is 2. The Morgan fingerprint density at radius 1 is 0.909 bits per heavy atom. The van der Waals surface area contributed by atoms with Gasteiger partial charge in [0.15, 0.2) is 0 Å². The highest BCUT2D eigenvalue weighted by Crippen LogP contribution is 2.31. The predicted molar refractivity (Wildman–Crippen MR) is 97.3 cm³/mol. The van der Waals surface area contributed by atoms with Crippen molar-refractivity contribution >= 4 is 22.6 Å². The molecule has 0 heterocycles. The zero-order valence-electron chi connectivity index (χ0n) is 12.6. The number of benzene rings is 2. The smallest absolute Gasteiger partial charge is 0.102 e. The third-order valence-corrected chi connectivity index (χ3v) is 4.63. The predicted octanol–water partition coefficient (Wildman–Crippen LogP) is 5.43. The van der Waals surface area contributed by atoms with Gasteiger partial charge in [0.05, 0.1) is 11.1 Å². The van der Waals surface area contributed by atoms with Crippen molar-refractivity contribution < 1.29 is 0 Å². The van der Waals surface area contributed by atoms with Gasteiger partial charge in [-0.3, -0.25) is 0 Å². The van der Waals surface area contributed by atoms with Crippen molar-refractivity contribution in [1.82, 2.24) is 0 Å². The maximum absolute atomic E-state index is 9.52. The lowest BCUT2D eigenvalue weighted by molar-refractivity contribution is 0.718. The number of unbranched alkanes of at least 4 members (excludes halogenated alkanes) is 2. The van der Waals surface area contributed by atoms with E-state index in [2.05, 4.69) is 47.7 Å². The standard InChI is InChI=1S/C19H17IN2/c1-2-3-4-7-14-8-5-6-9-15(14)16-10-11-19(20)18(13-22)17(16)12-21/h5-6,8-11H,2-4,7H2,1H3. The molecule has 0 aliphatic rings. The largest absolute Gasteiger partial charge is 0.192 e. The van der Waals surface area contributed by atoms with E-state index in [0.717, 1.165) is 27.5 Å². The molecule has 2 aromatic carbocycles. The molecule has 2 rings (SSSR count). The van der Waals surface area contributed by atoms with Gasteiger partial charge in [0.25, 0.3) is 0 Å². The van der Waals surface area contributed by atoms with Crippen molar-refractivity contribution in [2.45, 2.75) is 32.6 Å². The molecule has 0 aliphatic heterocycles. The number of hydrogen-bond acceptors (Lipinski definition) is 2. The maximum Gasteiger partial charge on any atom is 0.102 e. The Morgan fingerprint density at radius 2 is 1.64 bits per heavy atom. The van der Waals surface area contributed by atoms with Gasteiger partial charge in [-0.25, -0.2) is 0 Å². The molecule has 0 spiro atoms. The molecule has 2 nitrogen and oxygen atoms in total. The Kier molecular flexibility index (Phi) is 5.98. The molecular formula is C19H17IN2. The van der Waals surface area contributed by atoms with E-state index in [-0.39, 0.29) is 0 Å². The van der Waals surface area contributed by atoms with Crippen LogP contribution in [0.25, 0.3) is 11.1 Å². The molecule has 0 aliphatic carbocycles. The first-order chi connectivity index (χ1) is 10.7. The quantitative estimate of drug-likeness (QED) is 0.496. The maximum atomic E-state index is 9.52. The third-order valence-electron chi connectivity index (χ3n) is 3.74. The molecule has 0 saturated heterocycles. The van der Waals surface area contributed by atoms with Crippen LogP contribution in [-0.4, -0.2) is 0 Å². The van der Waals surface area contributed by atoms with Crippen LogP contribution in [0.5, 0.6) is 0 Å². The number of aryl methyl sites for hydroxylation is 1. The Bertz CT molecular complexity index is 751. The third kappa shape index (κ3) is 3.48. The minimum Gasteiger partial charge on any atom is -0.192 e. The lowest BCUT2D eigenvalue weighted by Gasteiger charge is -2.12. The van der Waals surface area contributed by atoms with Crippen LogP contribution < -0.4 is 0 Å². The highest BCUT2D eigenvalue weighted by Gasteiger charge is 2.15.